The van der Waals surface area contributed by atoms with Crippen molar-refractivity contribution in [2.75, 3.05) is 26.4 Å². The van der Waals surface area contributed by atoms with Gasteiger partial charge in [-0.1, -0.05) is 134 Å². The molecule has 0 amide bonds. The van der Waals surface area contributed by atoms with Gasteiger partial charge in [0.15, 0.2) is 0 Å². The fourth-order valence-electron chi connectivity index (χ4n) is 6.21. The molecular formula is C51H45N6O2Pt2-5. The van der Waals surface area contributed by atoms with E-state index in [0.717, 1.165) is 76.7 Å². The minimum atomic E-state index is 0. The van der Waals surface area contributed by atoms with Crippen molar-refractivity contribution in [3.8, 4) is 11.5 Å². The number of aromatic nitrogens is 1. The van der Waals surface area contributed by atoms with Gasteiger partial charge in [-0.2, -0.15) is 23.9 Å². The predicted octanol–water partition coefficient (Wildman–Crippen LogP) is 12.3. The Morgan fingerprint density at radius 3 is 2.13 bits per heavy atom. The number of ether oxygens (including phenoxy) is 2. The summed E-state index contributed by atoms with van der Waals surface area (Å²) in [7, 11) is 0. The molecule has 1 aromatic heterocycles. The minimum absolute atomic E-state index is 0. The van der Waals surface area contributed by atoms with Crippen LogP contribution in [0.5, 0.6) is 11.5 Å². The van der Waals surface area contributed by atoms with Gasteiger partial charge in [-0.15, -0.1) is 53.7 Å². The average molecular weight is 1160 g/mol. The molecule has 8 nitrogen and oxygen atoms in total. The first-order valence-corrected chi connectivity index (χ1v) is 19.8. The number of dihydropyridines is 1. The molecule has 0 saturated carbocycles. The van der Waals surface area contributed by atoms with E-state index in [4.69, 9.17) is 20.1 Å². The van der Waals surface area contributed by atoms with E-state index in [9.17, 15) is 0 Å². The Balaban J connectivity index is 0.000000220. The monoisotopic (exact) mass is 1160 g/mol. The Morgan fingerprint density at radius 2 is 1.41 bits per heavy atom. The molecule has 0 fully saturated rings. The molecule has 0 N–H and O–H groups in total. The number of pyridine rings is 1. The molecule has 3 aliphatic rings. The SMILES string of the molecule is C1=[N+](/c2ccccc2)[C-]([N-]C[N-]c2ccccc2)c2ccccc2OCCOc2ccccc2[N-]/1.[C-]1=C(c2ccccn2)C=CCC1.[Pt].[Pt].[c-]1ccccc1C1=NCCC=C1. The van der Waals surface area contributed by atoms with E-state index < -0.39 is 0 Å². The number of aliphatic imine (C=N–C) groups is 1. The number of allylic oxidation sites excluding steroid dienone is 5. The minimum Gasteiger partial charge on any atom is -0.702 e. The molecule has 3 heterocycles. The molecule has 6 aromatic rings. The van der Waals surface area contributed by atoms with Crippen LogP contribution in [0.2, 0.25) is 0 Å². The first-order valence-electron chi connectivity index (χ1n) is 19.8. The normalized spacial score (nSPS) is 14.8. The molecule has 10 heteroatoms. The van der Waals surface area contributed by atoms with Crippen molar-refractivity contribution in [1.82, 2.24) is 4.98 Å². The third-order valence-electron chi connectivity index (χ3n) is 9.09. The van der Waals surface area contributed by atoms with Crippen LogP contribution in [0.1, 0.15) is 36.1 Å². The van der Waals surface area contributed by atoms with Crippen LogP contribution in [0.25, 0.3) is 21.5 Å². The summed E-state index contributed by atoms with van der Waals surface area (Å²) in [5.74, 6) is 1.42. The summed E-state index contributed by atoms with van der Waals surface area (Å²) >= 11 is 0. The van der Waals surface area contributed by atoms with Gasteiger partial charge in [-0.3, -0.25) is 5.32 Å². The molecule has 1 aliphatic carbocycles. The van der Waals surface area contributed by atoms with Gasteiger partial charge in [0.05, 0.1) is 11.4 Å². The summed E-state index contributed by atoms with van der Waals surface area (Å²) in [6, 6.07) is 52.5. The maximum Gasteiger partial charge on any atom is 0.144 e. The smallest absolute Gasteiger partial charge is 0.144 e. The van der Waals surface area contributed by atoms with E-state index in [1.807, 2.05) is 162 Å². The summed E-state index contributed by atoms with van der Waals surface area (Å²) in [4.78, 5) is 8.65. The number of para-hydroxylation sites is 5. The topological polar surface area (TPSA) is 89.0 Å². The van der Waals surface area contributed by atoms with Crippen LogP contribution >= 0.6 is 0 Å². The number of benzene rings is 5. The summed E-state index contributed by atoms with van der Waals surface area (Å²) in [5, 5.41) is 14.4. The molecule has 0 atom stereocenters. The maximum atomic E-state index is 6.15. The number of hydrogen-bond acceptors (Lipinski definition) is 4. The Morgan fingerprint density at radius 1 is 0.705 bits per heavy atom. The molecule has 0 spiro atoms. The van der Waals surface area contributed by atoms with E-state index in [2.05, 4.69) is 51.7 Å². The first-order chi connectivity index (χ1) is 29.3. The second kappa shape index (κ2) is 25.8. The van der Waals surface area contributed by atoms with E-state index >= 15 is 0 Å². The van der Waals surface area contributed by atoms with Crippen LogP contribution < -0.4 is 9.47 Å². The molecule has 5 aromatic carbocycles. The fourth-order valence-corrected chi connectivity index (χ4v) is 6.21. The summed E-state index contributed by atoms with van der Waals surface area (Å²) in [5.41, 5.74) is 7.67. The Kier molecular flexibility index (Phi) is 19.5. The summed E-state index contributed by atoms with van der Waals surface area (Å²) in [6.45, 7) is 1.96. The molecule has 9 rings (SSSR count). The van der Waals surface area contributed by atoms with Crippen molar-refractivity contribution in [3.05, 3.63) is 233 Å². The number of hydrogen-bond donors (Lipinski definition) is 0. The number of nitrogens with zero attached hydrogens (tertiary/aromatic N) is 6. The van der Waals surface area contributed by atoms with E-state index in [0.29, 0.717) is 25.1 Å². The zero-order chi connectivity index (χ0) is 40.2. The number of fused-ring (bicyclic) bond motifs is 2. The van der Waals surface area contributed by atoms with Crippen LogP contribution in [0.3, 0.4) is 0 Å². The summed E-state index contributed by atoms with van der Waals surface area (Å²) in [6.07, 6.45) is 19.2. The predicted molar refractivity (Wildman–Crippen MR) is 239 cm³/mol. The maximum absolute atomic E-state index is 6.15. The van der Waals surface area contributed by atoms with Crippen molar-refractivity contribution in [2.45, 2.75) is 19.3 Å². The molecule has 61 heavy (non-hydrogen) atoms. The third kappa shape index (κ3) is 14.1. The largest absolute Gasteiger partial charge is 0.702 e. The van der Waals surface area contributed by atoms with Gasteiger partial charge in [0, 0.05) is 61.2 Å². The van der Waals surface area contributed by atoms with Crippen molar-refractivity contribution in [2.24, 2.45) is 4.99 Å². The molecule has 316 valence electrons. The quantitative estimate of drug-likeness (QED) is 0.118. The van der Waals surface area contributed by atoms with Gasteiger partial charge in [0.25, 0.3) is 0 Å². The molecular weight excluding hydrogens is 1120 g/mol. The zero-order valence-electron chi connectivity index (χ0n) is 33.5. The Hall–Kier alpha value is -5.78. The van der Waals surface area contributed by atoms with Gasteiger partial charge >= 0.3 is 0 Å². The van der Waals surface area contributed by atoms with Crippen LogP contribution in [0.4, 0.5) is 17.1 Å². The molecule has 0 bridgehead atoms. The second-order valence-corrected chi connectivity index (χ2v) is 13.2. The molecule has 0 saturated heterocycles. The van der Waals surface area contributed by atoms with Gasteiger partial charge in [0.1, 0.15) is 19.0 Å². The van der Waals surface area contributed by atoms with E-state index in [-0.39, 0.29) is 48.8 Å². The standard InChI is InChI=1S/C29H25N4O2.2C11H10N.2Pt/c1-3-11-23(12-4-1)30-21-31-29-25-15-7-9-17-27(25)34-19-20-35-28-18-10-8-16-26(28)32-22-33(29)24-13-5-2-6-14-24;2*1-2-6-10(7-3-1)11-8-4-5-9-12-11;;/h1-18,22H,19-21H2;2,4-6,8-9H,1,3H2;1-4,6,8H,5,9H2;;/q-3;2*-1;;. The van der Waals surface area contributed by atoms with Crippen molar-refractivity contribution >= 4 is 34.7 Å². The molecule has 0 radical (unpaired) electrons. The molecule has 2 aliphatic heterocycles. The Labute approximate surface area is 388 Å². The Bertz CT molecular complexity index is 2290. The molecule has 0 unspecified atom stereocenters. The summed E-state index contributed by atoms with van der Waals surface area (Å²) < 4.78 is 14.1. The number of rotatable bonds is 7. The van der Waals surface area contributed by atoms with Crippen molar-refractivity contribution in [1.29, 1.82) is 0 Å². The zero-order valence-corrected chi connectivity index (χ0v) is 38.0. The third-order valence-corrected chi connectivity index (χ3v) is 9.09. The van der Waals surface area contributed by atoms with E-state index in [1.165, 1.54) is 0 Å². The van der Waals surface area contributed by atoms with Crippen molar-refractivity contribution < 1.29 is 56.2 Å². The van der Waals surface area contributed by atoms with Crippen molar-refractivity contribution in [3.63, 3.8) is 0 Å². The van der Waals surface area contributed by atoms with Gasteiger partial charge in [-0.25, -0.2) is 6.67 Å². The van der Waals surface area contributed by atoms with Gasteiger partial charge in [-0.05, 0) is 41.7 Å². The second-order valence-electron chi connectivity index (χ2n) is 13.2. The first kappa shape index (κ1) is 46.3. The van der Waals surface area contributed by atoms with Crippen LogP contribution in [0, 0.1) is 18.3 Å². The van der Waals surface area contributed by atoms with Crippen LogP contribution in [-0.4, -0.2) is 48.0 Å². The van der Waals surface area contributed by atoms with Crippen LogP contribution in [-0.2, 0) is 42.1 Å². The van der Waals surface area contributed by atoms with Crippen LogP contribution in [0.15, 0.2) is 187 Å². The van der Waals surface area contributed by atoms with Gasteiger partial charge in [0.2, 0.25) is 0 Å². The van der Waals surface area contributed by atoms with E-state index in [1.54, 1.807) is 6.34 Å². The average Bonchev–Trinajstić information content (AvgIpc) is 3.32. The fraction of sp³-hybridized carbons (Fsp3) is 0.137. The van der Waals surface area contributed by atoms with Gasteiger partial charge < -0.3 is 34.7 Å².